The molecule has 0 saturated heterocycles. The monoisotopic (exact) mass is 170 g/mol. The van der Waals surface area contributed by atoms with E-state index in [4.69, 9.17) is 12.2 Å². The van der Waals surface area contributed by atoms with E-state index in [1.54, 1.807) is 16.5 Å². The summed E-state index contributed by atoms with van der Waals surface area (Å²) in [7, 11) is 0. The van der Waals surface area contributed by atoms with Crippen LogP contribution < -0.4 is 0 Å². The smallest absolute Gasteiger partial charge is 0.0345 e. The molecular weight excluding hydrogens is 160 g/mol. The molecule has 0 aliphatic heterocycles. The van der Waals surface area contributed by atoms with E-state index in [1.807, 2.05) is 0 Å². The minimum atomic E-state index is 1.04. The highest BCUT2D eigenvalue weighted by Crippen LogP contribution is 2.13. The SMILES string of the molecule is S=CSCC1=CCCC=C1. The van der Waals surface area contributed by atoms with E-state index in [0.717, 1.165) is 5.75 Å². The molecule has 0 radical (unpaired) electrons. The van der Waals surface area contributed by atoms with Gasteiger partial charge in [0, 0.05) is 10.5 Å². The van der Waals surface area contributed by atoms with Crippen LogP contribution in [0.5, 0.6) is 0 Å². The lowest BCUT2D eigenvalue weighted by Crippen LogP contribution is -1.87. The molecule has 1 rings (SSSR count). The zero-order valence-corrected chi connectivity index (χ0v) is 7.38. The van der Waals surface area contributed by atoms with Crippen molar-refractivity contribution in [1.82, 2.24) is 0 Å². The molecule has 54 valence electrons. The fraction of sp³-hybridized carbons (Fsp3) is 0.375. The van der Waals surface area contributed by atoms with Crippen LogP contribution in [0.3, 0.4) is 0 Å². The summed E-state index contributed by atoms with van der Waals surface area (Å²) < 4.78 is 1.73. The molecule has 0 saturated carbocycles. The standard InChI is InChI=1S/C8H10S2/c9-7-10-6-8-4-2-1-3-5-8/h2,4-5,7H,1,3,6H2. The first-order chi connectivity index (χ1) is 4.93. The van der Waals surface area contributed by atoms with Crippen LogP contribution in [0, 0.1) is 0 Å². The second kappa shape index (κ2) is 4.69. The Kier molecular flexibility index (Phi) is 3.76. The van der Waals surface area contributed by atoms with Gasteiger partial charge in [-0.3, -0.25) is 0 Å². The summed E-state index contributed by atoms with van der Waals surface area (Å²) in [6.07, 6.45) is 9.09. The molecule has 2 heteroatoms. The Morgan fingerprint density at radius 2 is 2.50 bits per heavy atom. The lowest BCUT2D eigenvalue weighted by atomic mass is 10.1. The number of hydrogen-bond donors (Lipinski definition) is 0. The van der Waals surface area contributed by atoms with Crippen molar-refractivity contribution in [2.24, 2.45) is 0 Å². The van der Waals surface area contributed by atoms with Crippen molar-refractivity contribution in [2.45, 2.75) is 12.8 Å². The van der Waals surface area contributed by atoms with Gasteiger partial charge in [-0.15, -0.1) is 11.8 Å². The van der Waals surface area contributed by atoms with E-state index in [0.29, 0.717) is 0 Å². The highest BCUT2D eigenvalue weighted by atomic mass is 32.2. The van der Waals surface area contributed by atoms with E-state index in [-0.39, 0.29) is 0 Å². The van der Waals surface area contributed by atoms with Gasteiger partial charge in [0.2, 0.25) is 0 Å². The average Bonchev–Trinajstić information content (AvgIpc) is 2.03. The normalized spacial score (nSPS) is 16.6. The second-order valence-corrected chi connectivity index (χ2v) is 3.56. The van der Waals surface area contributed by atoms with E-state index in [2.05, 4.69) is 18.2 Å². The summed E-state index contributed by atoms with van der Waals surface area (Å²) in [6, 6.07) is 0. The highest BCUT2D eigenvalue weighted by molar-refractivity contribution is 8.20. The molecular formula is C8H10S2. The molecule has 0 bridgehead atoms. The molecule has 0 fully saturated rings. The van der Waals surface area contributed by atoms with Crippen molar-refractivity contribution in [1.29, 1.82) is 0 Å². The fourth-order valence-corrected chi connectivity index (χ4v) is 1.58. The van der Waals surface area contributed by atoms with Crippen molar-refractivity contribution in [3.63, 3.8) is 0 Å². The van der Waals surface area contributed by atoms with Crippen LogP contribution in [-0.4, -0.2) is 10.5 Å². The maximum atomic E-state index is 4.71. The van der Waals surface area contributed by atoms with Crippen LogP contribution in [0.25, 0.3) is 0 Å². The number of thioether (sulfide) groups is 1. The summed E-state index contributed by atoms with van der Waals surface area (Å²) in [5.74, 6) is 1.04. The second-order valence-electron chi connectivity index (χ2n) is 2.17. The zero-order chi connectivity index (χ0) is 7.23. The Morgan fingerprint density at radius 3 is 3.10 bits per heavy atom. The third-order valence-electron chi connectivity index (χ3n) is 1.39. The van der Waals surface area contributed by atoms with Gasteiger partial charge in [-0.2, -0.15) is 0 Å². The molecule has 0 unspecified atom stereocenters. The van der Waals surface area contributed by atoms with Gasteiger partial charge in [-0.05, 0) is 18.4 Å². The largest absolute Gasteiger partial charge is 0.118 e. The molecule has 0 N–H and O–H groups in total. The van der Waals surface area contributed by atoms with Crippen molar-refractivity contribution in [3.05, 3.63) is 23.8 Å². The quantitative estimate of drug-likeness (QED) is 0.597. The molecule has 0 nitrogen and oxygen atoms in total. The van der Waals surface area contributed by atoms with Gasteiger partial charge >= 0.3 is 0 Å². The van der Waals surface area contributed by atoms with E-state index < -0.39 is 0 Å². The number of thiocarbonyl (C=S) groups is 1. The summed E-state index contributed by atoms with van der Waals surface area (Å²) in [6.45, 7) is 0. The van der Waals surface area contributed by atoms with Gasteiger partial charge in [0.15, 0.2) is 0 Å². The third-order valence-corrected chi connectivity index (χ3v) is 2.43. The Balaban J connectivity index is 2.32. The van der Waals surface area contributed by atoms with Crippen LogP contribution in [0.4, 0.5) is 0 Å². The van der Waals surface area contributed by atoms with Crippen LogP contribution in [0.2, 0.25) is 0 Å². The van der Waals surface area contributed by atoms with Gasteiger partial charge in [-0.25, -0.2) is 0 Å². The summed E-state index contributed by atoms with van der Waals surface area (Å²) >= 11 is 6.39. The molecule has 0 atom stereocenters. The Morgan fingerprint density at radius 1 is 1.60 bits per heavy atom. The molecule has 1 aliphatic rings. The lowest BCUT2D eigenvalue weighted by molar-refractivity contribution is 1.02. The van der Waals surface area contributed by atoms with E-state index in [9.17, 15) is 0 Å². The molecule has 0 amide bonds. The first-order valence-corrected chi connectivity index (χ1v) is 4.86. The zero-order valence-electron chi connectivity index (χ0n) is 5.75. The van der Waals surface area contributed by atoms with Crippen molar-refractivity contribution in [2.75, 3.05) is 5.75 Å². The minimum Gasteiger partial charge on any atom is -0.118 e. The Labute approximate surface area is 71.4 Å². The van der Waals surface area contributed by atoms with E-state index >= 15 is 0 Å². The maximum absolute atomic E-state index is 4.71. The van der Waals surface area contributed by atoms with Gasteiger partial charge in [0.25, 0.3) is 0 Å². The van der Waals surface area contributed by atoms with Crippen molar-refractivity contribution in [3.8, 4) is 0 Å². The third kappa shape index (κ3) is 2.67. The predicted molar refractivity (Wildman–Crippen MR) is 52.6 cm³/mol. The first kappa shape index (κ1) is 8.02. The Bertz CT molecular complexity index is 168. The summed E-state index contributed by atoms with van der Waals surface area (Å²) in [4.78, 5) is 0. The molecule has 0 aromatic carbocycles. The molecule has 0 heterocycles. The average molecular weight is 170 g/mol. The van der Waals surface area contributed by atoms with E-state index in [1.165, 1.54) is 18.4 Å². The molecule has 0 aromatic heterocycles. The molecule has 10 heavy (non-hydrogen) atoms. The topological polar surface area (TPSA) is 0 Å². The lowest BCUT2D eigenvalue weighted by Gasteiger charge is -2.03. The van der Waals surface area contributed by atoms with Crippen LogP contribution in [0.15, 0.2) is 23.8 Å². The Hall–Kier alpha value is -0.0800. The number of rotatable bonds is 3. The van der Waals surface area contributed by atoms with Gasteiger partial charge in [0.05, 0.1) is 0 Å². The van der Waals surface area contributed by atoms with Crippen molar-refractivity contribution < 1.29 is 0 Å². The van der Waals surface area contributed by atoms with Crippen LogP contribution in [-0.2, 0) is 0 Å². The molecule has 0 spiro atoms. The van der Waals surface area contributed by atoms with Crippen LogP contribution >= 0.6 is 24.0 Å². The number of hydrogen-bond acceptors (Lipinski definition) is 2. The van der Waals surface area contributed by atoms with Crippen molar-refractivity contribution >= 4 is 28.7 Å². The minimum absolute atomic E-state index is 1.04. The predicted octanol–water partition coefficient (Wildman–Crippen LogP) is 2.95. The van der Waals surface area contributed by atoms with Gasteiger partial charge in [-0.1, -0.05) is 30.4 Å². The number of allylic oxidation sites excluding steroid dienone is 3. The molecule has 0 aromatic rings. The fourth-order valence-electron chi connectivity index (χ4n) is 0.905. The van der Waals surface area contributed by atoms with Gasteiger partial charge < -0.3 is 0 Å². The maximum Gasteiger partial charge on any atom is 0.0345 e. The first-order valence-electron chi connectivity index (χ1n) is 3.34. The highest BCUT2D eigenvalue weighted by Gasteiger charge is 1.94. The van der Waals surface area contributed by atoms with Gasteiger partial charge in [0.1, 0.15) is 0 Å². The summed E-state index contributed by atoms with van der Waals surface area (Å²) in [5, 5.41) is 0. The van der Waals surface area contributed by atoms with Crippen LogP contribution in [0.1, 0.15) is 12.8 Å². The molecule has 1 aliphatic carbocycles. The summed E-state index contributed by atoms with van der Waals surface area (Å²) in [5.41, 5.74) is 1.41.